The number of carbonyl (C=O) groups is 2. The number of nitrogens with one attached hydrogen (secondary N) is 2. The summed E-state index contributed by atoms with van der Waals surface area (Å²) in [6, 6.07) is 13.2. The van der Waals surface area contributed by atoms with Crippen molar-refractivity contribution in [3.63, 3.8) is 0 Å². The van der Waals surface area contributed by atoms with Gasteiger partial charge in [-0.2, -0.15) is 0 Å². The van der Waals surface area contributed by atoms with Crippen LogP contribution >= 0.6 is 11.6 Å². The number of primary amides is 1. The van der Waals surface area contributed by atoms with Gasteiger partial charge >= 0.3 is 6.03 Å². The molecule has 4 N–H and O–H groups in total. The van der Waals surface area contributed by atoms with Crippen LogP contribution in [0.15, 0.2) is 48.5 Å². The van der Waals surface area contributed by atoms with Crippen LogP contribution in [0.3, 0.4) is 0 Å². The second-order valence-electron chi connectivity index (χ2n) is 4.34. The van der Waals surface area contributed by atoms with Crippen molar-refractivity contribution >= 4 is 29.2 Å². The summed E-state index contributed by atoms with van der Waals surface area (Å²) in [5.74, 6) is -0.510. The van der Waals surface area contributed by atoms with Gasteiger partial charge in [-0.3, -0.25) is 4.79 Å². The Morgan fingerprint density at radius 1 is 1.05 bits per heavy atom. The Balaban J connectivity index is 1.90. The molecule has 2 aromatic rings. The molecule has 0 atom stereocenters. The number of anilines is 1. The molecule has 0 fully saturated rings. The van der Waals surface area contributed by atoms with Gasteiger partial charge in [-0.25, -0.2) is 4.79 Å². The molecular weight excluding hydrogens is 290 g/mol. The Hall–Kier alpha value is -2.53. The van der Waals surface area contributed by atoms with Gasteiger partial charge in [-0.1, -0.05) is 29.8 Å². The lowest BCUT2D eigenvalue weighted by molar-refractivity contribution is 0.100. The molecule has 21 heavy (non-hydrogen) atoms. The maximum atomic E-state index is 11.8. The molecule has 0 radical (unpaired) electrons. The van der Waals surface area contributed by atoms with Crippen LogP contribution in [0.25, 0.3) is 0 Å². The number of nitrogens with two attached hydrogens (primary N) is 1. The number of amides is 3. The van der Waals surface area contributed by atoms with E-state index in [4.69, 9.17) is 17.3 Å². The molecule has 0 saturated carbocycles. The molecule has 0 bridgehead atoms. The highest BCUT2D eigenvalue weighted by Crippen LogP contribution is 2.14. The van der Waals surface area contributed by atoms with Gasteiger partial charge in [-0.05, 0) is 35.9 Å². The zero-order chi connectivity index (χ0) is 15.2. The van der Waals surface area contributed by atoms with E-state index in [0.29, 0.717) is 22.8 Å². The van der Waals surface area contributed by atoms with Gasteiger partial charge in [0.15, 0.2) is 0 Å². The maximum absolute atomic E-state index is 11.8. The van der Waals surface area contributed by atoms with Crippen LogP contribution < -0.4 is 16.4 Å². The molecule has 2 rings (SSSR count). The minimum Gasteiger partial charge on any atom is -0.366 e. The molecule has 0 heterocycles. The normalized spacial score (nSPS) is 9.95. The lowest BCUT2D eigenvalue weighted by atomic mass is 10.2. The number of benzene rings is 2. The van der Waals surface area contributed by atoms with Crippen LogP contribution in [0.4, 0.5) is 10.5 Å². The predicted molar refractivity (Wildman–Crippen MR) is 82.3 cm³/mol. The number of urea groups is 1. The second kappa shape index (κ2) is 6.76. The lowest BCUT2D eigenvalue weighted by Crippen LogP contribution is -2.28. The Kier molecular flexibility index (Phi) is 4.79. The number of halogens is 1. The second-order valence-corrected chi connectivity index (χ2v) is 4.75. The number of hydrogen-bond donors (Lipinski definition) is 3. The van der Waals surface area contributed by atoms with Crippen LogP contribution in [0.2, 0.25) is 5.02 Å². The van der Waals surface area contributed by atoms with E-state index in [1.54, 1.807) is 30.3 Å². The van der Waals surface area contributed by atoms with Crippen molar-refractivity contribution in [2.24, 2.45) is 5.73 Å². The summed E-state index contributed by atoms with van der Waals surface area (Å²) in [7, 11) is 0. The third-order valence-electron chi connectivity index (χ3n) is 2.82. The van der Waals surface area contributed by atoms with Gasteiger partial charge in [0.25, 0.3) is 0 Å². The predicted octanol–water partition coefficient (Wildman–Crippen LogP) is 2.76. The number of carbonyl (C=O) groups excluding carboxylic acids is 2. The first-order chi connectivity index (χ1) is 10.1. The first-order valence-corrected chi connectivity index (χ1v) is 6.62. The molecular formula is C15H14ClN3O2. The third kappa shape index (κ3) is 4.22. The summed E-state index contributed by atoms with van der Waals surface area (Å²) in [4.78, 5) is 22.7. The van der Waals surface area contributed by atoms with E-state index in [1.807, 2.05) is 18.2 Å². The van der Waals surface area contributed by atoms with Crippen molar-refractivity contribution in [1.29, 1.82) is 0 Å². The topological polar surface area (TPSA) is 84.2 Å². The maximum Gasteiger partial charge on any atom is 0.319 e. The highest BCUT2D eigenvalue weighted by atomic mass is 35.5. The average Bonchev–Trinajstić information content (AvgIpc) is 2.47. The largest absolute Gasteiger partial charge is 0.366 e. The molecule has 6 heteroatoms. The van der Waals surface area contributed by atoms with E-state index in [9.17, 15) is 9.59 Å². The Labute approximate surface area is 127 Å². The van der Waals surface area contributed by atoms with E-state index in [1.165, 1.54) is 0 Å². The van der Waals surface area contributed by atoms with Crippen molar-refractivity contribution in [3.8, 4) is 0 Å². The summed E-state index contributed by atoms with van der Waals surface area (Å²) in [5, 5.41) is 5.95. The van der Waals surface area contributed by atoms with E-state index in [-0.39, 0.29) is 6.03 Å². The van der Waals surface area contributed by atoms with Gasteiger partial charge in [0.1, 0.15) is 0 Å². The summed E-state index contributed by atoms with van der Waals surface area (Å²) < 4.78 is 0. The van der Waals surface area contributed by atoms with Gasteiger partial charge < -0.3 is 16.4 Å². The van der Waals surface area contributed by atoms with E-state index >= 15 is 0 Å². The Bertz CT molecular complexity index is 656. The number of rotatable bonds is 4. The van der Waals surface area contributed by atoms with Crippen molar-refractivity contribution in [2.75, 3.05) is 5.32 Å². The zero-order valence-electron chi connectivity index (χ0n) is 11.1. The van der Waals surface area contributed by atoms with Gasteiger partial charge in [0.2, 0.25) is 5.91 Å². The highest BCUT2D eigenvalue weighted by molar-refractivity contribution is 6.31. The van der Waals surface area contributed by atoms with Gasteiger partial charge in [-0.15, -0.1) is 0 Å². The molecule has 5 nitrogen and oxygen atoms in total. The molecule has 0 saturated heterocycles. The van der Waals surface area contributed by atoms with E-state index in [0.717, 1.165) is 5.56 Å². The van der Waals surface area contributed by atoms with Crippen molar-refractivity contribution in [3.05, 3.63) is 64.7 Å². The molecule has 0 aromatic heterocycles. The molecule has 0 aliphatic carbocycles. The SMILES string of the molecule is NC(=O)c1ccc(NC(=O)NCc2ccccc2Cl)cc1. The fourth-order valence-corrected chi connectivity index (χ4v) is 1.91. The van der Waals surface area contributed by atoms with Crippen LogP contribution in [0.5, 0.6) is 0 Å². The minimum atomic E-state index is -0.510. The van der Waals surface area contributed by atoms with Crippen LogP contribution in [0.1, 0.15) is 15.9 Å². The van der Waals surface area contributed by atoms with Crippen LogP contribution in [-0.4, -0.2) is 11.9 Å². The van der Waals surface area contributed by atoms with Gasteiger partial charge in [0, 0.05) is 22.8 Å². The average molecular weight is 304 g/mol. The molecule has 0 spiro atoms. The molecule has 2 aromatic carbocycles. The van der Waals surface area contributed by atoms with Crippen molar-refractivity contribution < 1.29 is 9.59 Å². The van der Waals surface area contributed by atoms with Crippen LogP contribution in [0, 0.1) is 0 Å². The zero-order valence-corrected chi connectivity index (χ0v) is 11.9. The first kappa shape index (κ1) is 14.9. The van der Waals surface area contributed by atoms with E-state index in [2.05, 4.69) is 10.6 Å². The summed E-state index contributed by atoms with van der Waals surface area (Å²) >= 11 is 6.00. The highest BCUT2D eigenvalue weighted by Gasteiger charge is 2.05. The molecule has 0 aliphatic rings. The van der Waals surface area contributed by atoms with E-state index < -0.39 is 5.91 Å². The lowest BCUT2D eigenvalue weighted by Gasteiger charge is -2.09. The molecule has 108 valence electrons. The standard InChI is InChI=1S/C15H14ClN3O2/c16-13-4-2-1-3-11(13)9-18-15(21)19-12-7-5-10(6-8-12)14(17)20/h1-8H,9H2,(H2,17,20)(H2,18,19,21). The smallest absolute Gasteiger partial charge is 0.319 e. The third-order valence-corrected chi connectivity index (χ3v) is 3.19. The summed E-state index contributed by atoms with van der Waals surface area (Å²) in [6.07, 6.45) is 0. The Morgan fingerprint density at radius 2 is 1.71 bits per heavy atom. The monoisotopic (exact) mass is 303 g/mol. The van der Waals surface area contributed by atoms with Crippen molar-refractivity contribution in [1.82, 2.24) is 5.32 Å². The Morgan fingerprint density at radius 3 is 2.33 bits per heavy atom. The summed E-state index contributed by atoms with van der Waals surface area (Å²) in [6.45, 7) is 0.324. The molecule has 0 unspecified atom stereocenters. The fourth-order valence-electron chi connectivity index (χ4n) is 1.71. The van der Waals surface area contributed by atoms with Crippen molar-refractivity contribution in [2.45, 2.75) is 6.54 Å². The number of hydrogen-bond acceptors (Lipinski definition) is 2. The molecule has 0 aliphatic heterocycles. The van der Waals surface area contributed by atoms with Gasteiger partial charge in [0.05, 0.1) is 0 Å². The quantitative estimate of drug-likeness (QED) is 0.811. The summed E-state index contributed by atoms with van der Waals surface area (Å²) in [5.41, 5.74) is 6.92. The minimum absolute atomic E-state index is 0.324. The first-order valence-electron chi connectivity index (χ1n) is 6.24. The molecule has 3 amide bonds. The van der Waals surface area contributed by atoms with Crippen LogP contribution in [-0.2, 0) is 6.54 Å². The fraction of sp³-hybridized carbons (Fsp3) is 0.0667.